The molecule has 0 radical (unpaired) electrons. The first-order valence-electron chi connectivity index (χ1n) is 8.97. The highest BCUT2D eigenvalue weighted by molar-refractivity contribution is 5.77. The lowest BCUT2D eigenvalue weighted by Gasteiger charge is -2.17. The summed E-state index contributed by atoms with van der Waals surface area (Å²) in [6, 6.07) is 0. The van der Waals surface area contributed by atoms with Crippen LogP contribution in [0, 0.1) is 31.6 Å². The molecule has 2 fully saturated rings. The number of amides is 1. The lowest BCUT2D eigenvalue weighted by Crippen LogP contribution is -2.32. The van der Waals surface area contributed by atoms with Crippen LogP contribution in [0.1, 0.15) is 37.2 Å². The first-order valence-corrected chi connectivity index (χ1v) is 8.97. The molecule has 2 saturated heterocycles. The highest BCUT2D eigenvalue weighted by Crippen LogP contribution is 2.27. The first-order chi connectivity index (χ1) is 11.0. The van der Waals surface area contributed by atoms with Crippen LogP contribution in [0.4, 0.5) is 0 Å². The number of hydrogen-bond donors (Lipinski definition) is 1. The van der Waals surface area contributed by atoms with E-state index in [9.17, 15) is 4.79 Å². The number of likely N-dealkylation sites (tertiary alicyclic amines) is 1. The van der Waals surface area contributed by atoms with E-state index >= 15 is 0 Å². The molecule has 0 saturated carbocycles. The number of carbonyl (C=O) groups is 1. The number of carbonyl (C=O) groups excluding carboxylic acids is 1. The number of hydrogen-bond acceptors (Lipinski definition) is 3. The van der Waals surface area contributed by atoms with Crippen LogP contribution in [-0.4, -0.2) is 46.8 Å². The van der Waals surface area contributed by atoms with Crippen LogP contribution in [0.2, 0.25) is 0 Å². The Labute approximate surface area is 139 Å². The number of fused-ring (bicyclic) bond motifs is 1. The second kappa shape index (κ2) is 6.63. The Hall–Kier alpha value is -1.36. The van der Waals surface area contributed by atoms with E-state index in [2.05, 4.69) is 47.7 Å². The van der Waals surface area contributed by atoms with E-state index in [4.69, 9.17) is 0 Å². The second-order valence-corrected chi connectivity index (χ2v) is 7.70. The molecule has 128 valence electrons. The van der Waals surface area contributed by atoms with E-state index in [0.29, 0.717) is 30.1 Å². The number of nitrogens with one attached hydrogen (secondary N) is 1. The molecule has 3 rings (SSSR count). The van der Waals surface area contributed by atoms with Crippen molar-refractivity contribution in [1.82, 2.24) is 20.0 Å². The predicted octanol–water partition coefficient (Wildman–Crippen LogP) is 1.77. The molecule has 2 aliphatic rings. The van der Waals surface area contributed by atoms with Gasteiger partial charge in [-0.25, -0.2) is 0 Å². The topological polar surface area (TPSA) is 50.2 Å². The minimum Gasteiger partial charge on any atom is -0.342 e. The van der Waals surface area contributed by atoms with Crippen molar-refractivity contribution >= 4 is 5.91 Å². The van der Waals surface area contributed by atoms with Crippen LogP contribution in [0.5, 0.6) is 0 Å². The molecular weight excluding hydrogens is 288 g/mol. The van der Waals surface area contributed by atoms with Crippen molar-refractivity contribution in [1.29, 1.82) is 0 Å². The molecule has 1 aromatic heterocycles. The molecule has 23 heavy (non-hydrogen) atoms. The molecule has 5 heteroatoms. The van der Waals surface area contributed by atoms with Crippen molar-refractivity contribution in [3.63, 3.8) is 0 Å². The minimum atomic E-state index is 0.315. The van der Waals surface area contributed by atoms with Crippen molar-refractivity contribution in [3.8, 4) is 0 Å². The van der Waals surface area contributed by atoms with Crippen molar-refractivity contribution < 1.29 is 4.79 Å². The summed E-state index contributed by atoms with van der Waals surface area (Å²) in [5.41, 5.74) is 3.57. The van der Waals surface area contributed by atoms with Gasteiger partial charge in [0, 0.05) is 44.8 Å². The molecule has 5 nitrogen and oxygen atoms in total. The quantitative estimate of drug-likeness (QED) is 0.900. The second-order valence-electron chi connectivity index (χ2n) is 7.70. The summed E-state index contributed by atoms with van der Waals surface area (Å²) in [6.07, 6.45) is 1.43. The maximum atomic E-state index is 12.5. The fourth-order valence-corrected chi connectivity index (χ4v) is 4.07. The lowest BCUT2D eigenvalue weighted by atomic mass is 10.0. The Morgan fingerprint density at radius 2 is 1.91 bits per heavy atom. The van der Waals surface area contributed by atoms with Gasteiger partial charge >= 0.3 is 0 Å². The van der Waals surface area contributed by atoms with Crippen molar-refractivity contribution in [2.45, 2.75) is 47.1 Å². The highest BCUT2D eigenvalue weighted by atomic mass is 16.2. The Kier molecular flexibility index (Phi) is 4.76. The molecule has 1 amide bonds. The van der Waals surface area contributed by atoms with Gasteiger partial charge < -0.3 is 10.2 Å². The van der Waals surface area contributed by atoms with Crippen LogP contribution in [0.3, 0.4) is 0 Å². The number of rotatable bonds is 5. The summed E-state index contributed by atoms with van der Waals surface area (Å²) >= 11 is 0. The van der Waals surface area contributed by atoms with Crippen LogP contribution >= 0.6 is 0 Å². The zero-order valence-corrected chi connectivity index (χ0v) is 14.9. The fraction of sp³-hybridized carbons (Fsp3) is 0.778. The van der Waals surface area contributed by atoms with Gasteiger partial charge in [0.25, 0.3) is 0 Å². The Balaban J connectivity index is 1.58. The van der Waals surface area contributed by atoms with Crippen LogP contribution < -0.4 is 5.32 Å². The zero-order chi connectivity index (χ0) is 16.6. The maximum Gasteiger partial charge on any atom is 0.222 e. The average molecular weight is 318 g/mol. The van der Waals surface area contributed by atoms with Gasteiger partial charge in [-0.2, -0.15) is 5.10 Å². The monoisotopic (exact) mass is 318 g/mol. The third-order valence-corrected chi connectivity index (χ3v) is 5.40. The van der Waals surface area contributed by atoms with Gasteiger partial charge in [-0.3, -0.25) is 9.48 Å². The standard InChI is InChI=1S/C18H30N4O/c1-12(2)9-22-14(4)17(13(3)20-22)5-6-18(23)21-10-15-7-19-8-16(15)11-21/h12,15-16,19H,5-11H2,1-4H3/t15-,16+. The molecule has 1 aromatic rings. The normalized spacial score (nSPS) is 23.8. The number of nitrogens with zero attached hydrogens (tertiary/aromatic N) is 3. The zero-order valence-electron chi connectivity index (χ0n) is 14.9. The summed E-state index contributed by atoms with van der Waals surface area (Å²) in [5.74, 6) is 2.25. The predicted molar refractivity (Wildman–Crippen MR) is 91.3 cm³/mol. The maximum absolute atomic E-state index is 12.5. The average Bonchev–Trinajstić information content (AvgIpc) is 3.12. The highest BCUT2D eigenvalue weighted by Gasteiger charge is 2.37. The van der Waals surface area contributed by atoms with Gasteiger partial charge in [0.15, 0.2) is 0 Å². The van der Waals surface area contributed by atoms with E-state index in [1.165, 1.54) is 11.3 Å². The molecule has 1 N–H and O–H groups in total. The molecule has 3 heterocycles. The summed E-state index contributed by atoms with van der Waals surface area (Å²) < 4.78 is 2.10. The molecule has 0 unspecified atom stereocenters. The largest absolute Gasteiger partial charge is 0.342 e. The summed E-state index contributed by atoms with van der Waals surface area (Å²) in [4.78, 5) is 14.6. The van der Waals surface area contributed by atoms with Gasteiger partial charge in [0.05, 0.1) is 5.69 Å². The van der Waals surface area contributed by atoms with E-state index in [-0.39, 0.29) is 0 Å². The van der Waals surface area contributed by atoms with Gasteiger partial charge in [0.1, 0.15) is 0 Å². The van der Waals surface area contributed by atoms with Crippen LogP contribution in [0.25, 0.3) is 0 Å². The Bertz CT molecular complexity index is 566. The molecule has 2 atom stereocenters. The van der Waals surface area contributed by atoms with Gasteiger partial charge in [-0.1, -0.05) is 13.8 Å². The third kappa shape index (κ3) is 3.44. The summed E-state index contributed by atoms with van der Waals surface area (Å²) in [6.45, 7) is 13.6. The fourth-order valence-electron chi connectivity index (χ4n) is 4.07. The van der Waals surface area contributed by atoms with Crippen molar-refractivity contribution in [2.75, 3.05) is 26.2 Å². The van der Waals surface area contributed by atoms with E-state index < -0.39 is 0 Å². The lowest BCUT2D eigenvalue weighted by molar-refractivity contribution is -0.130. The molecular formula is C18H30N4O. The van der Waals surface area contributed by atoms with Gasteiger partial charge in [0.2, 0.25) is 5.91 Å². The Morgan fingerprint density at radius 1 is 1.26 bits per heavy atom. The molecule has 0 bridgehead atoms. The number of aromatic nitrogens is 2. The molecule has 0 aromatic carbocycles. The van der Waals surface area contributed by atoms with Gasteiger partial charge in [-0.15, -0.1) is 0 Å². The SMILES string of the molecule is Cc1nn(CC(C)C)c(C)c1CCC(=O)N1C[C@H]2CNC[C@H]2C1. The van der Waals surface area contributed by atoms with Crippen LogP contribution in [-0.2, 0) is 17.8 Å². The number of aryl methyl sites for hydroxylation is 1. The van der Waals surface area contributed by atoms with Crippen molar-refractivity contribution in [3.05, 3.63) is 17.0 Å². The summed E-state index contributed by atoms with van der Waals surface area (Å²) in [7, 11) is 0. The van der Waals surface area contributed by atoms with E-state index in [1.54, 1.807) is 0 Å². The van der Waals surface area contributed by atoms with E-state index in [1.807, 2.05) is 0 Å². The molecule has 2 aliphatic heterocycles. The molecule has 0 spiro atoms. The molecule has 0 aliphatic carbocycles. The smallest absolute Gasteiger partial charge is 0.222 e. The van der Waals surface area contributed by atoms with Crippen molar-refractivity contribution in [2.24, 2.45) is 17.8 Å². The minimum absolute atomic E-state index is 0.315. The summed E-state index contributed by atoms with van der Waals surface area (Å²) in [5, 5.41) is 8.08. The van der Waals surface area contributed by atoms with Gasteiger partial charge in [-0.05, 0) is 43.6 Å². The van der Waals surface area contributed by atoms with Crippen LogP contribution in [0.15, 0.2) is 0 Å². The Morgan fingerprint density at radius 3 is 2.52 bits per heavy atom. The third-order valence-electron chi connectivity index (χ3n) is 5.40. The van der Waals surface area contributed by atoms with E-state index in [0.717, 1.165) is 44.8 Å². The first kappa shape index (κ1) is 16.5.